The lowest BCUT2D eigenvalue weighted by atomic mass is 9.67. The summed E-state index contributed by atoms with van der Waals surface area (Å²) in [5.41, 5.74) is 2.94. The molecule has 10 heteroatoms. The number of rotatable bonds is 10. The molecule has 1 unspecified atom stereocenters. The Balaban J connectivity index is 1.43. The van der Waals surface area contributed by atoms with Crippen molar-refractivity contribution in [3.05, 3.63) is 53.2 Å². The SMILES string of the molecule is CCN(CC)C(=O)[C@H]1CC(CC(=O)NCc2ccc(OC)c(OC)c2)C(=O)N2CCc3c([nH]c4ccc(OC)cc34)[C@]12C. The van der Waals surface area contributed by atoms with Crippen molar-refractivity contribution in [2.45, 2.75) is 52.1 Å². The third-order valence-corrected chi connectivity index (χ3v) is 9.32. The molecule has 0 saturated carbocycles. The number of hydrogen-bond donors (Lipinski definition) is 2. The van der Waals surface area contributed by atoms with Crippen LogP contribution in [-0.4, -0.2) is 73.5 Å². The number of benzene rings is 2. The number of nitrogens with one attached hydrogen (secondary N) is 2. The quantitative estimate of drug-likeness (QED) is 0.369. The molecule has 10 nitrogen and oxygen atoms in total. The van der Waals surface area contributed by atoms with Crippen molar-refractivity contribution in [3.8, 4) is 17.2 Å². The van der Waals surface area contributed by atoms with Crippen LogP contribution in [0.2, 0.25) is 0 Å². The smallest absolute Gasteiger partial charge is 0.228 e. The van der Waals surface area contributed by atoms with E-state index in [9.17, 15) is 14.4 Å². The number of nitrogens with zero attached hydrogens (tertiary/aromatic N) is 2. The number of carbonyl (C=O) groups excluding carboxylic acids is 3. The van der Waals surface area contributed by atoms with E-state index < -0.39 is 17.4 Å². The molecular weight excluding hydrogens is 548 g/mol. The Hall–Kier alpha value is -4.21. The second-order valence-electron chi connectivity index (χ2n) is 11.4. The van der Waals surface area contributed by atoms with Crippen LogP contribution in [0.4, 0.5) is 0 Å². The summed E-state index contributed by atoms with van der Waals surface area (Å²) in [4.78, 5) is 48.7. The third-order valence-electron chi connectivity index (χ3n) is 9.32. The molecule has 1 saturated heterocycles. The van der Waals surface area contributed by atoms with Gasteiger partial charge in [-0.25, -0.2) is 0 Å². The molecule has 3 amide bonds. The standard InChI is InChI=1S/C33H42N4O6/c1-7-36(8-2)32(40)25-16-21(17-29(38)34-19-20-9-12-27(42-5)28(15-20)43-6)31(39)37-14-13-23-24-18-22(41-4)10-11-26(24)35-30(23)33(25,37)3/h9-12,15,18,21,25,35H,7-8,13-14,16-17,19H2,1-6H3,(H,34,38)/t21?,25-,33+/m1/s1. The molecule has 2 aliphatic rings. The van der Waals surface area contributed by atoms with Gasteiger partial charge >= 0.3 is 0 Å². The number of carbonyl (C=O) groups is 3. The number of ether oxygens (including phenoxy) is 3. The molecule has 2 aliphatic heterocycles. The number of aromatic amines is 1. The molecule has 0 aliphatic carbocycles. The van der Waals surface area contributed by atoms with Crippen LogP contribution >= 0.6 is 0 Å². The van der Waals surface area contributed by atoms with Gasteiger partial charge in [0.25, 0.3) is 0 Å². The number of amides is 3. The minimum absolute atomic E-state index is 0.00447. The average molecular weight is 591 g/mol. The van der Waals surface area contributed by atoms with Crippen LogP contribution in [0.1, 0.15) is 50.4 Å². The Morgan fingerprint density at radius 3 is 2.47 bits per heavy atom. The molecule has 2 N–H and O–H groups in total. The van der Waals surface area contributed by atoms with E-state index >= 15 is 0 Å². The first-order valence-corrected chi connectivity index (χ1v) is 15.0. The summed E-state index contributed by atoms with van der Waals surface area (Å²) in [7, 11) is 4.78. The van der Waals surface area contributed by atoms with E-state index in [1.54, 1.807) is 27.4 Å². The third kappa shape index (κ3) is 5.28. The highest BCUT2D eigenvalue weighted by atomic mass is 16.5. The topological polar surface area (TPSA) is 113 Å². The van der Waals surface area contributed by atoms with Crippen LogP contribution in [0.5, 0.6) is 17.2 Å². The summed E-state index contributed by atoms with van der Waals surface area (Å²) in [5, 5.41) is 4.00. The number of methoxy groups -OCH3 is 3. The second-order valence-corrected chi connectivity index (χ2v) is 11.4. The molecule has 43 heavy (non-hydrogen) atoms. The van der Waals surface area contributed by atoms with E-state index in [0.29, 0.717) is 44.0 Å². The summed E-state index contributed by atoms with van der Waals surface area (Å²) < 4.78 is 16.2. The number of piperidine rings is 1. The van der Waals surface area contributed by atoms with E-state index in [1.165, 1.54) is 0 Å². The zero-order chi connectivity index (χ0) is 30.9. The van der Waals surface area contributed by atoms with Gasteiger partial charge in [-0.15, -0.1) is 0 Å². The van der Waals surface area contributed by atoms with Gasteiger partial charge in [0.05, 0.1) is 32.8 Å². The predicted octanol–water partition coefficient (Wildman–Crippen LogP) is 4.00. The minimum Gasteiger partial charge on any atom is -0.497 e. The number of H-pyrrole nitrogens is 1. The zero-order valence-corrected chi connectivity index (χ0v) is 25.9. The molecule has 0 bridgehead atoms. The minimum atomic E-state index is -0.872. The lowest BCUT2D eigenvalue weighted by Gasteiger charge is -2.54. The highest BCUT2D eigenvalue weighted by molar-refractivity contribution is 5.93. The van der Waals surface area contributed by atoms with Crippen LogP contribution in [0, 0.1) is 11.8 Å². The normalized spacial score (nSPS) is 21.2. The average Bonchev–Trinajstić information content (AvgIpc) is 3.40. The van der Waals surface area contributed by atoms with Crippen molar-refractivity contribution in [2.24, 2.45) is 11.8 Å². The first-order valence-electron chi connectivity index (χ1n) is 15.0. The van der Waals surface area contributed by atoms with Gasteiger partial charge in [-0.2, -0.15) is 0 Å². The largest absolute Gasteiger partial charge is 0.497 e. The van der Waals surface area contributed by atoms with E-state index in [0.717, 1.165) is 33.5 Å². The summed E-state index contributed by atoms with van der Waals surface area (Å²) in [6.07, 6.45) is 0.953. The van der Waals surface area contributed by atoms with E-state index in [2.05, 4.69) is 10.3 Å². The molecule has 0 radical (unpaired) electrons. The van der Waals surface area contributed by atoms with Gasteiger partial charge in [-0.3, -0.25) is 14.4 Å². The van der Waals surface area contributed by atoms with Crippen molar-refractivity contribution in [3.63, 3.8) is 0 Å². The fourth-order valence-electron chi connectivity index (χ4n) is 6.93. The molecule has 1 aromatic heterocycles. The number of fused-ring (bicyclic) bond motifs is 5. The Morgan fingerprint density at radius 2 is 1.79 bits per heavy atom. The first kappa shape index (κ1) is 30.3. The second kappa shape index (κ2) is 12.2. The van der Waals surface area contributed by atoms with Gasteiger partial charge in [-0.05, 0) is 75.1 Å². The molecule has 3 atom stereocenters. The molecular formula is C33H42N4O6. The van der Waals surface area contributed by atoms with Crippen LogP contribution < -0.4 is 19.5 Å². The van der Waals surface area contributed by atoms with Crippen LogP contribution in [0.25, 0.3) is 10.9 Å². The fourth-order valence-corrected chi connectivity index (χ4v) is 6.93. The molecule has 2 aromatic carbocycles. The maximum absolute atomic E-state index is 14.1. The van der Waals surface area contributed by atoms with E-state index in [1.807, 2.05) is 60.9 Å². The molecule has 230 valence electrons. The van der Waals surface area contributed by atoms with Gasteiger partial charge < -0.3 is 34.3 Å². The summed E-state index contributed by atoms with van der Waals surface area (Å²) in [6.45, 7) is 7.84. The fraction of sp³-hybridized carbons (Fsp3) is 0.485. The monoisotopic (exact) mass is 590 g/mol. The van der Waals surface area contributed by atoms with E-state index in [4.69, 9.17) is 14.2 Å². The Morgan fingerprint density at radius 1 is 1.05 bits per heavy atom. The Labute approximate surface area is 252 Å². The maximum atomic E-state index is 14.1. The number of hydrogen-bond acceptors (Lipinski definition) is 6. The van der Waals surface area contributed by atoms with Gasteiger partial charge in [0.15, 0.2) is 11.5 Å². The van der Waals surface area contributed by atoms with Crippen molar-refractivity contribution >= 4 is 28.6 Å². The molecule has 1 fully saturated rings. The molecule has 3 heterocycles. The summed E-state index contributed by atoms with van der Waals surface area (Å²) in [6, 6.07) is 11.4. The van der Waals surface area contributed by atoms with Gasteiger partial charge in [0.1, 0.15) is 5.75 Å². The Bertz CT molecular complexity index is 1530. The summed E-state index contributed by atoms with van der Waals surface area (Å²) >= 11 is 0. The van der Waals surface area contributed by atoms with Crippen molar-refractivity contribution in [2.75, 3.05) is 41.0 Å². The number of aromatic nitrogens is 1. The first-order chi connectivity index (χ1) is 20.7. The summed E-state index contributed by atoms with van der Waals surface area (Å²) in [5.74, 6) is 0.512. The van der Waals surface area contributed by atoms with Crippen molar-refractivity contribution in [1.82, 2.24) is 20.1 Å². The van der Waals surface area contributed by atoms with Crippen LogP contribution in [-0.2, 0) is 32.9 Å². The predicted molar refractivity (Wildman–Crippen MR) is 163 cm³/mol. The van der Waals surface area contributed by atoms with Crippen LogP contribution in [0.15, 0.2) is 36.4 Å². The van der Waals surface area contributed by atoms with Crippen LogP contribution in [0.3, 0.4) is 0 Å². The highest BCUT2D eigenvalue weighted by Crippen LogP contribution is 2.50. The molecule has 0 spiro atoms. The van der Waals surface area contributed by atoms with Gasteiger partial charge in [-0.1, -0.05) is 6.07 Å². The zero-order valence-electron chi connectivity index (χ0n) is 25.9. The molecule has 3 aromatic rings. The van der Waals surface area contributed by atoms with Crippen molar-refractivity contribution in [1.29, 1.82) is 0 Å². The highest BCUT2D eigenvalue weighted by Gasteiger charge is 2.57. The lowest BCUT2D eigenvalue weighted by Crippen LogP contribution is -2.64. The van der Waals surface area contributed by atoms with Crippen molar-refractivity contribution < 1.29 is 28.6 Å². The Kier molecular flexibility index (Phi) is 8.57. The van der Waals surface area contributed by atoms with Gasteiger partial charge in [0, 0.05) is 55.1 Å². The van der Waals surface area contributed by atoms with Gasteiger partial charge in [0.2, 0.25) is 17.7 Å². The maximum Gasteiger partial charge on any atom is 0.228 e. The lowest BCUT2D eigenvalue weighted by molar-refractivity contribution is -0.164. The van der Waals surface area contributed by atoms with E-state index in [-0.39, 0.29) is 30.7 Å². The molecule has 5 rings (SSSR count).